The molecular formula is C17H25Br2N5. The van der Waals surface area contributed by atoms with Gasteiger partial charge in [0.15, 0.2) is 5.65 Å². The molecule has 2 aromatic heterocycles. The minimum atomic E-state index is 0.478. The van der Waals surface area contributed by atoms with Crippen LogP contribution < -0.4 is 5.84 Å². The van der Waals surface area contributed by atoms with Gasteiger partial charge in [0, 0.05) is 22.4 Å². The zero-order valence-corrected chi connectivity index (χ0v) is 18.1. The molecule has 0 aromatic carbocycles. The van der Waals surface area contributed by atoms with E-state index in [1.165, 1.54) is 5.56 Å². The molecule has 0 bridgehead atoms. The summed E-state index contributed by atoms with van der Waals surface area (Å²) >= 11 is 7.12. The second-order valence-corrected chi connectivity index (χ2v) is 7.55. The Morgan fingerprint density at radius 3 is 2.46 bits per heavy atom. The standard InChI is InChI=1S/C17H25Br2N5/c1-6-12(7-2)13-8-10(3)22-24-15(11(4)21-17(13)24)16(23(5)20)14(19)9-18/h8,12H,6-7,9,20H2,1-5H3/b16-14+. The molecule has 2 rings (SSSR count). The van der Waals surface area contributed by atoms with E-state index in [1.54, 1.807) is 5.01 Å². The summed E-state index contributed by atoms with van der Waals surface area (Å²) in [6, 6.07) is 2.16. The minimum absolute atomic E-state index is 0.478. The van der Waals surface area contributed by atoms with Gasteiger partial charge < -0.3 is 5.01 Å². The van der Waals surface area contributed by atoms with E-state index < -0.39 is 0 Å². The number of imidazole rings is 1. The third-order valence-electron chi connectivity index (χ3n) is 4.29. The highest BCUT2D eigenvalue weighted by Gasteiger charge is 2.23. The van der Waals surface area contributed by atoms with Crippen molar-refractivity contribution in [3.63, 3.8) is 0 Å². The Balaban J connectivity index is 2.85. The molecule has 0 radical (unpaired) electrons. The average Bonchev–Trinajstić information content (AvgIpc) is 2.85. The average molecular weight is 459 g/mol. The van der Waals surface area contributed by atoms with Crippen molar-refractivity contribution in [2.75, 3.05) is 12.4 Å². The number of aromatic nitrogens is 3. The van der Waals surface area contributed by atoms with Gasteiger partial charge in [-0.1, -0.05) is 45.7 Å². The van der Waals surface area contributed by atoms with E-state index in [9.17, 15) is 0 Å². The summed E-state index contributed by atoms with van der Waals surface area (Å²) < 4.78 is 2.91. The molecule has 2 N–H and O–H groups in total. The van der Waals surface area contributed by atoms with Gasteiger partial charge in [0.2, 0.25) is 0 Å². The van der Waals surface area contributed by atoms with Gasteiger partial charge in [0.25, 0.3) is 0 Å². The van der Waals surface area contributed by atoms with Crippen LogP contribution in [0.2, 0.25) is 0 Å². The molecule has 0 aliphatic carbocycles. The van der Waals surface area contributed by atoms with Crippen LogP contribution in [0.5, 0.6) is 0 Å². The van der Waals surface area contributed by atoms with Crippen molar-refractivity contribution in [1.82, 2.24) is 19.6 Å². The number of hydrazine groups is 1. The number of halogens is 2. The summed E-state index contributed by atoms with van der Waals surface area (Å²) in [5.41, 5.74) is 5.90. The first kappa shape index (κ1) is 19.4. The largest absolute Gasteiger partial charge is 0.311 e. The summed E-state index contributed by atoms with van der Waals surface area (Å²) in [5, 5.41) is 7.01. The lowest BCUT2D eigenvalue weighted by atomic mass is 9.95. The fourth-order valence-electron chi connectivity index (χ4n) is 3.13. The summed E-state index contributed by atoms with van der Waals surface area (Å²) in [6.07, 6.45) is 2.17. The monoisotopic (exact) mass is 457 g/mol. The van der Waals surface area contributed by atoms with E-state index in [1.807, 2.05) is 25.4 Å². The first-order chi connectivity index (χ1) is 11.3. The molecule has 7 heteroatoms. The summed E-state index contributed by atoms with van der Waals surface area (Å²) in [5.74, 6) is 6.59. The van der Waals surface area contributed by atoms with Gasteiger partial charge >= 0.3 is 0 Å². The zero-order chi connectivity index (χ0) is 18.0. The molecule has 0 saturated carbocycles. The number of alkyl halides is 1. The number of fused-ring (bicyclic) bond motifs is 1. The van der Waals surface area contributed by atoms with Crippen LogP contribution in [-0.4, -0.2) is 32.0 Å². The van der Waals surface area contributed by atoms with Crippen LogP contribution >= 0.6 is 31.9 Å². The summed E-state index contributed by atoms with van der Waals surface area (Å²) in [6.45, 7) is 8.47. The highest BCUT2D eigenvalue weighted by Crippen LogP contribution is 2.32. The Morgan fingerprint density at radius 1 is 1.33 bits per heavy atom. The van der Waals surface area contributed by atoms with Gasteiger partial charge in [0.05, 0.1) is 17.1 Å². The van der Waals surface area contributed by atoms with Crippen molar-refractivity contribution >= 4 is 43.2 Å². The Bertz CT molecular complexity index is 760. The summed E-state index contributed by atoms with van der Waals surface area (Å²) in [7, 11) is 1.83. The van der Waals surface area contributed by atoms with Crippen LogP contribution in [0.1, 0.15) is 55.3 Å². The maximum absolute atomic E-state index is 6.11. The van der Waals surface area contributed by atoms with E-state index in [0.717, 1.165) is 45.8 Å². The molecule has 2 aromatic rings. The van der Waals surface area contributed by atoms with Crippen LogP contribution in [0, 0.1) is 13.8 Å². The van der Waals surface area contributed by atoms with Crippen molar-refractivity contribution in [2.45, 2.75) is 46.5 Å². The molecule has 0 amide bonds. The second kappa shape index (κ2) is 7.97. The third-order valence-corrected chi connectivity index (χ3v) is 6.25. The number of nitrogens with two attached hydrogens (primary N) is 1. The predicted molar refractivity (Wildman–Crippen MR) is 107 cm³/mol. The van der Waals surface area contributed by atoms with Gasteiger partial charge in [-0.15, -0.1) is 0 Å². The zero-order valence-electron chi connectivity index (χ0n) is 14.9. The molecule has 0 spiro atoms. The number of allylic oxidation sites excluding steroid dienone is 1. The van der Waals surface area contributed by atoms with Crippen LogP contribution in [-0.2, 0) is 0 Å². The van der Waals surface area contributed by atoms with Gasteiger partial charge in [-0.25, -0.2) is 15.3 Å². The maximum Gasteiger partial charge on any atom is 0.158 e. The molecule has 0 unspecified atom stereocenters. The number of hydrogen-bond acceptors (Lipinski definition) is 4. The Labute approximate surface area is 160 Å². The fraction of sp³-hybridized carbons (Fsp3) is 0.529. The van der Waals surface area contributed by atoms with Gasteiger partial charge in [-0.05, 0) is 38.7 Å². The SMILES string of the molecule is CCC(CC)c1cc(C)nn2c(/C(=C(\Br)CBr)N(C)N)c(C)nc12. The van der Waals surface area contributed by atoms with Crippen LogP contribution in [0.15, 0.2) is 10.5 Å². The van der Waals surface area contributed by atoms with E-state index >= 15 is 0 Å². The molecule has 24 heavy (non-hydrogen) atoms. The molecule has 0 saturated heterocycles. The first-order valence-electron chi connectivity index (χ1n) is 8.15. The van der Waals surface area contributed by atoms with Crippen LogP contribution in [0.25, 0.3) is 11.3 Å². The fourth-order valence-corrected chi connectivity index (χ4v) is 3.86. The Morgan fingerprint density at radius 2 is 1.96 bits per heavy atom. The quantitative estimate of drug-likeness (QED) is 0.393. The lowest BCUT2D eigenvalue weighted by molar-refractivity contribution is 0.505. The predicted octanol–water partition coefficient (Wildman–Crippen LogP) is 4.51. The van der Waals surface area contributed by atoms with E-state index in [-0.39, 0.29) is 0 Å². The van der Waals surface area contributed by atoms with E-state index in [0.29, 0.717) is 11.2 Å². The number of nitrogens with zero attached hydrogens (tertiary/aromatic N) is 4. The number of aryl methyl sites for hydroxylation is 2. The molecule has 0 aliphatic heterocycles. The van der Waals surface area contributed by atoms with Gasteiger partial charge in [-0.2, -0.15) is 5.10 Å². The van der Waals surface area contributed by atoms with E-state index in [2.05, 4.69) is 51.8 Å². The lowest BCUT2D eigenvalue weighted by Gasteiger charge is -2.19. The van der Waals surface area contributed by atoms with Gasteiger partial charge in [0.1, 0.15) is 5.69 Å². The molecule has 0 fully saturated rings. The third kappa shape index (κ3) is 3.53. The number of hydrogen-bond donors (Lipinski definition) is 1. The molecule has 5 nitrogen and oxygen atoms in total. The topological polar surface area (TPSA) is 59.5 Å². The smallest absolute Gasteiger partial charge is 0.158 e. The molecule has 0 aliphatic rings. The lowest BCUT2D eigenvalue weighted by Crippen LogP contribution is -2.26. The molecule has 132 valence electrons. The van der Waals surface area contributed by atoms with Crippen molar-refractivity contribution < 1.29 is 0 Å². The van der Waals surface area contributed by atoms with Crippen molar-refractivity contribution in [3.8, 4) is 0 Å². The minimum Gasteiger partial charge on any atom is -0.311 e. The molecule has 2 heterocycles. The first-order valence-corrected chi connectivity index (χ1v) is 10.1. The van der Waals surface area contributed by atoms with Crippen LogP contribution in [0.3, 0.4) is 0 Å². The van der Waals surface area contributed by atoms with Crippen molar-refractivity contribution in [3.05, 3.63) is 33.2 Å². The highest BCUT2D eigenvalue weighted by molar-refractivity contribution is 9.13. The summed E-state index contributed by atoms with van der Waals surface area (Å²) in [4.78, 5) is 4.84. The normalized spacial score (nSPS) is 12.9. The molecular weight excluding hydrogens is 434 g/mol. The van der Waals surface area contributed by atoms with Crippen molar-refractivity contribution in [1.29, 1.82) is 0 Å². The van der Waals surface area contributed by atoms with E-state index in [4.69, 9.17) is 15.9 Å². The van der Waals surface area contributed by atoms with Crippen LogP contribution in [0.4, 0.5) is 0 Å². The Hall–Kier alpha value is -0.920. The van der Waals surface area contributed by atoms with Gasteiger partial charge in [-0.3, -0.25) is 0 Å². The highest BCUT2D eigenvalue weighted by atomic mass is 79.9. The van der Waals surface area contributed by atoms with Crippen molar-refractivity contribution in [2.24, 2.45) is 5.84 Å². The Kier molecular flexibility index (Phi) is 6.45. The molecule has 0 atom stereocenters. The maximum atomic E-state index is 6.11. The second-order valence-electron chi connectivity index (χ2n) is 6.03. The number of rotatable bonds is 6.